The van der Waals surface area contributed by atoms with Crippen LogP contribution in [-0.2, 0) is 34.3 Å². The van der Waals surface area contributed by atoms with Crippen LogP contribution in [0, 0.1) is 0 Å². The minimum atomic E-state index is -5.00. The summed E-state index contributed by atoms with van der Waals surface area (Å²) in [5.41, 5.74) is 8.79. The molecule has 2 fully saturated rings. The quantitative estimate of drug-likeness (QED) is 0.0946. The number of likely N-dealkylation sites (tertiary alicyclic amines) is 1. The van der Waals surface area contributed by atoms with Crippen LogP contribution in [0.2, 0.25) is 0 Å². The number of nitrogens with one attached hydrogen (secondary N) is 1. The van der Waals surface area contributed by atoms with E-state index in [1.807, 2.05) is 0 Å². The van der Waals surface area contributed by atoms with Crippen molar-refractivity contribution >= 4 is 56.2 Å². The third-order valence-corrected chi connectivity index (χ3v) is 6.93. The Bertz CT molecular complexity index is 1200. The predicted octanol–water partition coefficient (Wildman–Crippen LogP) is -2.63. The Morgan fingerprint density at radius 2 is 2.03 bits per heavy atom. The third kappa shape index (κ3) is 5.34. The van der Waals surface area contributed by atoms with Gasteiger partial charge in [-0.3, -0.25) is 18.9 Å². The molecule has 1 aromatic rings. The zero-order valence-electron chi connectivity index (χ0n) is 18.4. The van der Waals surface area contributed by atoms with Gasteiger partial charge in [0.25, 0.3) is 11.8 Å². The van der Waals surface area contributed by atoms with Gasteiger partial charge in [0, 0.05) is 18.5 Å². The standard InChI is InChI=1S/C17H23N7O9S2/c1-17(2,15(28)29)33-22-10(8-6-34-16(19)20-8)12(25)21-11-9(24(14(11)27)35(30,31)32)5-23-4-3-7(18)13(23)26/h6-7,9,11H,3-5,18H2,1-2H3,(H2,19,20)(H,21,25)(H,28,29)(H,30,31,32)/t7-,9-,11+/m1/s1. The number of amides is 3. The van der Waals surface area contributed by atoms with Crippen molar-refractivity contribution in [2.24, 2.45) is 10.9 Å². The summed E-state index contributed by atoms with van der Waals surface area (Å²) >= 11 is 0.945. The smallest absolute Gasteiger partial charge is 0.362 e. The van der Waals surface area contributed by atoms with E-state index in [1.165, 1.54) is 24.1 Å². The van der Waals surface area contributed by atoms with Crippen LogP contribution in [0.5, 0.6) is 0 Å². The number of anilines is 1. The van der Waals surface area contributed by atoms with Crippen molar-refractivity contribution in [1.29, 1.82) is 0 Å². The van der Waals surface area contributed by atoms with Gasteiger partial charge in [0.15, 0.2) is 10.8 Å². The fourth-order valence-corrected chi connectivity index (χ4v) is 4.74. The summed E-state index contributed by atoms with van der Waals surface area (Å²) in [6.45, 7) is 2.21. The molecular formula is C17H23N7O9S2. The first kappa shape index (κ1) is 26.3. The zero-order valence-corrected chi connectivity index (χ0v) is 20.1. The second-order valence-electron chi connectivity index (χ2n) is 8.23. The summed E-state index contributed by atoms with van der Waals surface area (Å²) in [6.07, 6.45) is 0.307. The van der Waals surface area contributed by atoms with Crippen molar-refractivity contribution in [2.45, 2.75) is 44.0 Å². The molecule has 3 rings (SSSR count). The number of hydrogen-bond donors (Lipinski definition) is 5. The van der Waals surface area contributed by atoms with Crippen molar-refractivity contribution in [1.82, 2.24) is 19.5 Å². The van der Waals surface area contributed by atoms with Gasteiger partial charge in [-0.2, -0.15) is 8.42 Å². The summed E-state index contributed by atoms with van der Waals surface area (Å²) in [7, 11) is -5.00. The molecule has 0 bridgehead atoms. The van der Waals surface area contributed by atoms with Crippen LogP contribution in [0.15, 0.2) is 10.5 Å². The number of aliphatic carboxylic acids is 1. The van der Waals surface area contributed by atoms with Gasteiger partial charge in [-0.1, -0.05) is 5.16 Å². The molecule has 0 radical (unpaired) electrons. The Morgan fingerprint density at radius 1 is 1.37 bits per heavy atom. The first-order valence-corrected chi connectivity index (χ1v) is 12.3. The highest BCUT2D eigenvalue weighted by Crippen LogP contribution is 2.26. The number of β-lactam (4-membered cyclic amide) rings is 1. The van der Waals surface area contributed by atoms with Crippen molar-refractivity contribution in [2.75, 3.05) is 18.8 Å². The molecule has 192 valence electrons. The van der Waals surface area contributed by atoms with Crippen LogP contribution in [0.1, 0.15) is 26.0 Å². The second-order valence-corrected chi connectivity index (χ2v) is 10.4. The molecule has 16 nitrogen and oxygen atoms in total. The number of oxime groups is 1. The number of hydrogen-bond acceptors (Lipinski definition) is 12. The molecule has 3 amide bonds. The van der Waals surface area contributed by atoms with Crippen molar-refractivity contribution in [3.8, 4) is 0 Å². The molecule has 0 unspecified atom stereocenters. The highest BCUT2D eigenvalue weighted by atomic mass is 32.2. The van der Waals surface area contributed by atoms with E-state index in [1.54, 1.807) is 0 Å². The number of carbonyl (C=O) groups excluding carboxylic acids is 3. The molecule has 0 aliphatic carbocycles. The lowest BCUT2D eigenvalue weighted by molar-refractivity contribution is -0.161. The molecule has 2 aliphatic rings. The highest BCUT2D eigenvalue weighted by molar-refractivity contribution is 7.84. The molecular weight excluding hydrogens is 510 g/mol. The highest BCUT2D eigenvalue weighted by Gasteiger charge is 2.55. The van der Waals surface area contributed by atoms with Gasteiger partial charge in [-0.15, -0.1) is 11.3 Å². The summed E-state index contributed by atoms with van der Waals surface area (Å²) in [5.74, 6) is -4.09. The molecule has 35 heavy (non-hydrogen) atoms. The zero-order chi connectivity index (χ0) is 26.3. The lowest BCUT2D eigenvalue weighted by atomic mass is 9.97. The molecule has 0 saturated carbocycles. The van der Waals surface area contributed by atoms with Gasteiger partial charge in [0.05, 0.1) is 12.1 Å². The van der Waals surface area contributed by atoms with Gasteiger partial charge >= 0.3 is 16.3 Å². The SMILES string of the molecule is CC(C)(ON=C(C(=O)N[C@@H]1C(=O)N(S(=O)(=O)O)[C@@H]1CN1CC[C@@H](N)C1=O)c1csc(N)n1)C(=O)O. The van der Waals surface area contributed by atoms with E-state index in [0.29, 0.717) is 6.42 Å². The van der Waals surface area contributed by atoms with Gasteiger partial charge in [-0.25, -0.2) is 14.1 Å². The van der Waals surface area contributed by atoms with Crippen LogP contribution in [-0.4, -0.2) is 98.5 Å². The van der Waals surface area contributed by atoms with Crippen LogP contribution < -0.4 is 16.8 Å². The van der Waals surface area contributed by atoms with Gasteiger partial charge < -0.3 is 31.6 Å². The molecule has 0 spiro atoms. The minimum Gasteiger partial charge on any atom is -0.478 e. The first-order valence-electron chi connectivity index (χ1n) is 10.0. The van der Waals surface area contributed by atoms with Crippen molar-refractivity contribution < 1.29 is 42.1 Å². The largest absolute Gasteiger partial charge is 0.478 e. The fourth-order valence-electron chi connectivity index (χ4n) is 3.32. The topological polar surface area (TPSA) is 248 Å². The molecule has 7 N–H and O–H groups in total. The van der Waals surface area contributed by atoms with E-state index >= 15 is 0 Å². The number of carboxylic acids is 1. The van der Waals surface area contributed by atoms with Crippen LogP contribution in [0.3, 0.4) is 0 Å². The maximum Gasteiger partial charge on any atom is 0.362 e. The Morgan fingerprint density at radius 3 is 2.51 bits per heavy atom. The summed E-state index contributed by atoms with van der Waals surface area (Å²) < 4.78 is 33.0. The average Bonchev–Trinajstić information content (AvgIpc) is 3.30. The van der Waals surface area contributed by atoms with Crippen LogP contribution in [0.4, 0.5) is 5.13 Å². The van der Waals surface area contributed by atoms with Crippen LogP contribution in [0.25, 0.3) is 0 Å². The fraction of sp³-hybridized carbons (Fsp3) is 0.529. The number of nitrogens with zero attached hydrogens (tertiary/aromatic N) is 4. The number of aromatic nitrogens is 1. The van der Waals surface area contributed by atoms with E-state index in [2.05, 4.69) is 15.5 Å². The van der Waals surface area contributed by atoms with E-state index in [-0.39, 0.29) is 28.2 Å². The number of thiazole rings is 1. The van der Waals surface area contributed by atoms with Crippen molar-refractivity contribution in [3.63, 3.8) is 0 Å². The minimum absolute atomic E-state index is 0.0528. The Labute approximate surface area is 202 Å². The molecule has 3 heterocycles. The average molecular weight is 534 g/mol. The lowest BCUT2D eigenvalue weighted by Gasteiger charge is -2.45. The Hall–Kier alpha value is -3.35. The Kier molecular flexibility index (Phi) is 7.02. The van der Waals surface area contributed by atoms with Crippen LogP contribution >= 0.6 is 11.3 Å². The number of carboxylic acid groups (broad SMARTS) is 1. The van der Waals surface area contributed by atoms with Gasteiger partial charge in [0.1, 0.15) is 11.7 Å². The molecule has 2 aliphatic heterocycles. The van der Waals surface area contributed by atoms with Gasteiger partial charge in [0.2, 0.25) is 11.5 Å². The predicted molar refractivity (Wildman–Crippen MR) is 119 cm³/mol. The molecule has 1 aromatic heterocycles. The molecule has 0 aromatic carbocycles. The molecule has 18 heteroatoms. The third-order valence-electron chi connectivity index (χ3n) is 5.31. The number of rotatable bonds is 9. The summed E-state index contributed by atoms with van der Waals surface area (Å²) in [4.78, 5) is 59.1. The van der Waals surface area contributed by atoms with E-state index < -0.39 is 63.4 Å². The molecule has 3 atom stereocenters. The number of carbonyl (C=O) groups is 4. The van der Waals surface area contributed by atoms with E-state index in [9.17, 15) is 37.3 Å². The number of nitrogens with two attached hydrogens (primary N) is 2. The maximum absolute atomic E-state index is 13.0. The maximum atomic E-state index is 13.0. The first-order chi connectivity index (χ1) is 16.1. The van der Waals surface area contributed by atoms with E-state index in [4.69, 9.17) is 16.3 Å². The monoisotopic (exact) mass is 533 g/mol. The van der Waals surface area contributed by atoms with E-state index in [0.717, 1.165) is 11.3 Å². The summed E-state index contributed by atoms with van der Waals surface area (Å²) in [5, 5.41) is 16.5. The molecule has 2 saturated heterocycles. The number of nitrogen functional groups attached to an aromatic ring is 1. The van der Waals surface area contributed by atoms with Crippen molar-refractivity contribution in [3.05, 3.63) is 11.1 Å². The summed E-state index contributed by atoms with van der Waals surface area (Å²) in [6, 6.07) is -3.61. The Balaban J connectivity index is 1.87. The second kappa shape index (κ2) is 9.36. The van der Waals surface area contributed by atoms with Gasteiger partial charge in [-0.05, 0) is 20.3 Å². The lowest BCUT2D eigenvalue weighted by Crippen LogP contribution is -2.74. The normalized spacial score (nSPS) is 23.3.